The highest BCUT2D eigenvalue weighted by molar-refractivity contribution is 9.10. The second kappa shape index (κ2) is 10.4. The van der Waals surface area contributed by atoms with E-state index in [2.05, 4.69) is 15.9 Å². The smallest absolute Gasteiger partial charge is 0.267 e. The van der Waals surface area contributed by atoms with E-state index in [0.717, 1.165) is 38.3 Å². The minimum atomic E-state index is -0.343. The third-order valence-corrected chi connectivity index (χ3v) is 7.34. The van der Waals surface area contributed by atoms with Gasteiger partial charge in [0.2, 0.25) is 0 Å². The third kappa shape index (κ3) is 4.80. The summed E-state index contributed by atoms with van der Waals surface area (Å²) in [5, 5.41) is 12.0. The van der Waals surface area contributed by atoms with Gasteiger partial charge >= 0.3 is 0 Å². The van der Waals surface area contributed by atoms with Crippen molar-refractivity contribution in [2.24, 2.45) is 5.10 Å². The maximum absolute atomic E-state index is 13.8. The summed E-state index contributed by atoms with van der Waals surface area (Å²) >= 11 is 9.61. The van der Waals surface area contributed by atoms with Crippen LogP contribution in [0.5, 0.6) is 0 Å². The lowest BCUT2D eigenvalue weighted by molar-refractivity contribution is 0.0711. The molecule has 0 saturated carbocycles. The van der Waals surface area contributed by atoms with E-state index in [0.29, 0.717) is 17.0 Å². The standard InChI is InChI=1S/C31H22BrClN4O/c32-24-15-11-21(12-16-24)28-19-29(37(34-28)31(38)23-13-17-25(33)18-14-23)27-20-36(26-9-5-2-6-10-26)35-30(27)22-7-3-1-4-8-22/h1-18,20,29H,19H2/t29-/m0/s1. The fourth-order valence-corrected chi connectivity index (χ4v) is 5.04. The maximum atomic E-state index is 13.8. The van der Waals surface area contributed by atoms with Gasteiger partial charge in [-0.1, -0.05) is 88.2 Å². The topological polar surface area (TPSA) is 50.5 Å². The first-order valence-electron chi connectivity index (χ1n) is 12.2. The van der Waals surface area contributed by atoms with Crippen LogP contribution in [0.1, 0.15) is 33.9 Å². The zero-order valence-corrected chi connectivity index (χ0v) is 22.5. The second-order valence-corrected chi connectivity index (χ2v) is 10.4. The van der Waals surface area contributed by atoms with Crippen LogP contribution in [0.15, 0.2) is 125 Å². The zero-order valence-electron chi connectivity index (χ0n) is 20.2. The van der Waals surface area contributed by atoms with Gasteiger partial charge in [-0.2, -0.15) is 10.2 Å². The lowest BCUT2D eigenvalue weighted by Gasteiger charge is -2.22. The van der Waals surface area contributed by atoms with E-state index in [9.17, 15) is 4.79 Å². The van der Waals surface area contributed by atoms with Crippen molar-refractivity contribution in [2.45, 2.75) is 12.5 Å². The molecule has 1 atom stereocenters. The Hall–Kier alpha value is -4.00. The van der Waals surface area contributed by atoms with Crippen molar-refractivity contribution in [1.29, 1.82) is 0 Å². The molecule has 1 amide bonds. The van der Waals surface area contributed by atoms with Gasteiger partial charge in [0.05, 0.1) is 23.1 Å². The van der Waals surface area contributed by atoms with Gasteiger partial charge in [0.15, 0.2) is 0 Å². The summed E-state index contributed by atoms with van der Waals surface area (Å²) in [4.78, 5) is 13.8. The number of halogens is 2. The number of carbonyl (C=O) groups is 1. The predicted molar refractivity (Wildman–Crippen MR) is 155 cm³/mol. The highest BCUT2D eigenvalue weighted by Crippen LogP contribution is 2.39. The number of amides is 1. The Morgan fingerprint density at radius 1 is 0.816 bits per heavy atom. The summed E-state index contributed by atoms with van der Waals surface area (Å²) in [6.07, 6.45) is 2.58. The van der Waals surface area contributed by atoms with Crippen LogP contribution in [0.3, 0.4) is 0 Å². The number of para-hydroxylation sites is 1. The fraction of sp³-hybridized carbons (Fsp3) is 0.0645. The van der Waals surface area contributed by atoms with Crippen LogP contribution in [0.2, 0.25) is 5.02 Å². The van der Waals surface area contributed by atoms with Crippen LogP contribution < -0.4 is 0 Å². The van der Waals surface area contributed by atoms with Crippen molar-refractivity contribution in [2.75, 3.05) is 0 Å². The molecule has 7 heteroatoms. The van der Waals surface area contributed by atoms with Crippen molar-refractivity contribution >= 4 is 39.1 Å². The summed E-state index contributed by atoms with van der Waals surface area (Å²) in [5.41, 5.74) is 6.01. The van der Waals surface area contributed by atoms with E-state index >= 15 is 0 Å². The molecule has 0 saturated heterocycles. The predicted octanol–water partition coefficient (Wildman–Crippen LogP) is 7.95. The quantitative estimate of drug-likeness (QED) is 0.211. The van der Waals surface area contributed by atoms with Crippen molar-refractivity contribution < 1.29 is 4.79 Å². The van der Waals surface area contributed by atoms with Crippen LogP contribution in [-0.4, -0.2) is 26.4 Å². The molecular formula is C31H22BrClN4O. The Balaban J connectivity index is 1.48. The minimum Gasteiger partial charge on any atom is -0.267 e. The van der Waals surface area contributed by atoms with Crippen LogP contribution >= 0.6 is 27.5 Å². The van der Waals surface area contributed by atoms with E-state index in [-0.39, 0.29) is 11.9 Å². The summed E-state index contributed by atoms with van der Waals surface area (Å²) in [6.45, 7) is 0. The number of rotatable bonds is 5. The monoisotopic (exact) mass is 580 g/mol. The van der Waals surface area contributed by atoms with Crippen molar-refractivity contribution in [3.63, 3.8) is 0 Å². The van der Waals surface area contributed by atoms with Gasteiger partial charge in [-0.25, -0.2) is 9.69 Å². The molecular weight excluding hydrogens is 560 g/mol. The Morgan fingerprint density at radius 3 is 2.16 bits per heavy atom. The number of nitrogens with zero attached hydrogens (tertiary/aromatic N) is 4. The van der Waals surface area contributed by atoms with Crippen LogP contribution in [0.4, 0.5) is 0 Å². The number of carbonyl (C=O) groups excluding carboxylic acids is 1. The molecule has 0 aliphatic carbocycles. The largest absolute Gasteiger partial charge is 0.274 e. The minimum absolute atomic E-state index is 0.190. The molecule has 6 rings (SSSR count). The van der Waals surface area contributed by atoms with E-state index < -0.39 is 0 Å². The molecule has 0 spiro atoms. The van der Waals surface area contributed by atoms with Gasteiger partial charge in [-0.15, -0.1) is 0 Å². The molecule has 2 heterocycles. The van der Waals surface area contributed by atoms with Gasteiger partial charge in [-0.3, -0.25) is 4.79 Å². The summed E-state index contributed by atoms with van der Waals surface area (Å²) < 4.78 is 2.86. The molecule has 186 valence electrons. The van der Waals surface area contributed by atoms with Gasteiger partial charge in [0, 0.05) is 38.8 Å². The molecule has 0 radical (unpaired) electrons. The number of hydrogen-bond acceptors (Lipinski definition) is 3. The van der Waals surface area contributed by atoms with Gasteiger partial charge in [-0.05, 0) is 54.1 Å². The Kier molecular flexibility index (Phi) is 6.66. The molecule has 4 aromatic carbocycles. The molecule has 0 fully saturated rings. The molecule has 0 unspecified atom stereocenters. The second-order valence-electron chi connectivity index (χ2n) is 9.01. The highest BCUT2D eigenvalue weighted by atomic mass is 79.9. The fourth-order valence-electron chi connectivity index (χ4n) is 4.65. The van der Waals surface area contributed by atoms with Crippen LogP contribution in [-0.2, 0) is 0 Å². The molecule has 1 aliphatic rings. The number of hydrazone groups is 1. The van der Waals surface area contributed by atoms with E-state index in [1.54, 1.807) is 29.3 Å². The number of hydrogen-bond donors (Lipinski definition) is 0. The SMILES string of the molecule is O=C(c1ccc(Cl)cc1)N1N=C(c2ccc(Br)cc2)C[C@H]1c1cn(-c2ccccc2)nc1-c1ccccc1. The number of benzene rings is 4. The van der Waals surface area contributed by atoms with Crippen LogP contribution in [0, 0.1) is 0 Å². The summed E-state index contributed by atoms with van der Waals surface area (Å²) in [7, 11) is 0. The van der Waals surface area contributed by atoms with Crippen molar-refractivity contribution in [1.82, 2.24) is 14.8 Å². The normalized spacial score (nSPS) is 14.9. The molecule has 1 aliphatic heterocycles. The lowest BCUT2D eigenvalue weighted by Crippen LogP contribution is -2.27. The lowest BCUT2D eigenvalue weighted by atomic mass is 9.96. The van der Waals surface area contributed by atoms with Crippen molar-refractivity contribution in [3.05, 3.63) is 142 Å². The molecule has 38 heavy (non-hydrogen) atoms. The molecule has 5 nitrogen and oxygen atoms in total. The van der Waals surface area contributed by atoms with E-state index in [4.69, 9.17) is 21.8 Å². The molecule has 0 bridgehead atoms. The Bertz CT molecular complexity index is 1610. The van der Waals surface area contributed by atoms with E-state index in [1.807, 2.05) is 95.8 Å². The average Bonchev–Trinajstić information content (AvgIpc) is 3.60. The van der Waals surface area contributed by atoms with Gasteiger partial charge < -0.3 is 0 Å². The maximum Gasteiger partial charge on any atom is 0.274 e. The molecule has 5 aromatic rings. The van der Waals surface area contributed by atoms with Crippen molar-refractivity contribution in [3.8, 4) is 16.9 Å². The van der Waals surface area contributed by atoms with E-state index in [1.165, 1.54) is 0 Å². The highest BCUT2D eigenvalue weighted by Gasteiger charge is 2.36. The number of aromatic nitrogens is 2. The summed E-state index contributed by atoms with van der Waals surface area (Å²) in [5.74, 6) is -0.190. The van der Waals surface area contributed by atoms with Gasteiger partial charge in [0.1, 0.15) is 0 Å². The summed E-state index contributed by atoms with van der Waals surface area (Å²) in [6, 6.07) is 34.6. The first-order valence-corrected chi connectivity index (χ1v) is 13.4. The Labute approximate surface area is 234 Å². The third-order valence-electron chi connectivity index (χ3n) is 6.56. The molecule has 0 N–H and O–H groups in total. The zero-order chi connectivity index (χ0) is 26.1. The Morgan fingerprint density at radius 2 is 1.47 bits per heavy atom. The van der Waals surface area contributed by atoms with Gasteiger partial charge in [0.25, 0.3) is 5.91 Å². The average molecular weight is 582 g/mol. The van der Waals surface area contributed by atoms with Crippen LogP contribution in [0.25, 0.3) is 16.9 Å². The first-order chi connectivity index (χ1) is 18.6. The molecule has 1 aromatic heterocycles. The first kappa shape index (κ1) is 24.3.